The Balaban J connectivity index is 1.04. The number of aliphatic hydroxyl groups excluding tert-OH is 3. The van der Waals surface area contributed by atoms with Crippen LogP contribution in [-0.2, 0) is 57.2 Å². The molecule has 0 saturated carbocycles. The molecule has 4 aromatic rings. The van der Waals surface area contributed by atoms with Crippen LogP contribution < -0.4 is 36.9 Å². The molecule has 0 aromatic carbocycles. The molecule has 35 heteroatoms. The quantitative estimate of drug-likeness (QED) is 0.0394. The van der Waals surface area contributed by atoms with Crippen molar-refractivity contribution in [1.82, 2.24) is 38.9 Å². The maximum atomic E-state index is 12.6. The summed E-state index contributed by atoms with van der Waals surface area (Å²) < 4.78 is 87.1. The van der Waals surface area contributed by atoms with Gasteiger partial charge in [0.2, 0.25) is 25.4 Å². The van der Waals surface area contributed by atoms with Crippen LogP contribution in [0.25, 0.3) is 22.3 Å². The van der Waals surface area contributed by atoms with Crippen molar-refractivity contribution in [2.75, 3.05) is 31.8 Å². The Morgan fingerprint density at radius 3 is 2.25 bits per heavy atom. The summed E-state index contributed by atoms with van der Waals surface area (Å²) in [7, 11) is -21.2. The van der Waals surface area contributed by atoms with Gasteiger partial charge in [-0.3, -0.25) is 37.8 Å². The maximum Gasteiger partial charge on any atom is 0.489 e. The second kappa shape index (κ2) is 15.7. The molecule has 0 aliphatic carbocycles. The third kappa shape index (κ3) is 9.12. The van der Waals surface area contributed by atoms with Crippen molar-refractivity contribution in [2.24, 2.45) is 7.05 Å². The van der Waals surface area contributed by atoms with E-state index in [-0.39, 0.29) is 34.2 Å². The molecular weight excluding hydrogens is 862 g/mol. The van der Waals surface area contributed by atoms with Crippen molar-refractivity contribution >= 4 is 65.4 Å². The first-order chi connectivity index (χ1) is 26.4. The number of aryl methyl sites for hydroxylation is 1. The lowest BCUT2D eigenvalue weighted by atomic mass is 10.1. The van der Waals surface area contributed by atoms with Gasteiger partial charge in [-0.05, 0) is 0 Å². The first-order valence-electron chi connectivity index (χ1n) is 15.6. The van der Waals surface area contributed by atoms with Gasteiger partial charge in [-0.25, -0.2) is 23.2 Å². The fourth-order valence-corrected chi connectivity index (χ4v) is 11.2. The number of nitrogens with two attached hydrogens (primary N) is 2. The predicted octanol–water partition coefficient (Wildman–Crippen LogP) is -4.84. The molecule has 2 aliphatic rings. The standard InChI is InChI=1S/C22H33N11O20P4/c1-31-6-33(16-10(31)18(38)29-22(24)27-16)20-14(47-2)12(35)8(51-20)3-48-54(39,40)30-55(41,42)52-57(45,46)53-56(43,44)49-4-7-11(34)13(36)19(50-7)32-5-25-9-15(32)26-21(23)28-17(9)37/h5-8,11-14,19-20,34-36H,3-4H2,1-2H3,(H10-,23,24,26,27,28,29,30,37,38,39,40,41,42,43,44,45,46)/t7-,8-,11-,12-,13-,14-,19-,20-/m1/s1. The van der Waals surface area contributed by atoms with Gasteiger partial charge in [-0.15, -0.1) is 0 Å². The van der Waals surface area contributed by atoms with Gasteiger partial charge in [0.25, 0.3) is 17.1 Å². The van der Waals surface area contributed by atoms with E-state index >= 15 is 0 Å². The Bertz CT molecular complexity index is 2490. The van der Waals surface area contributed by atoms with E-state index in [1.807, 2.05) is 0 Å². The number of fused-ring (bicyclic) bond motifs is 2. The molecule has 0 amide bonds. The Morgan fingerprint density at radius 2 is 1.56 bits per heavy atom. The zero-order chi connectivity index (χ0) is 42.0. The number of nitrogen functional groups attached to an aromatic ring is 2. The maximum absolute atomic E-state index is 12.6. The number of rotatable bonds is 15. The first-order valence-corrected chi connectivity index (χ1v) is 21.7. The van der Waals surface area contributed by atoms with Crippen LogP contribution in [0.4, 0.5) is 11.9 Å². The SMILES string of the molecule is CO[C@@H]1[C@H](O)[C@@H](COP(=O)([O-])NP(=O)(O)OP(=O)(O)OP(=O)(O)OC[C@H]2O[C@@H](n3cnc4c(=O)[nH]c(N)nc43)[C@H](O)[C@@H]2O)O[C@H]1[n+]1cn(C)c2c(=O)[nH]c(N)nc21. The minimum Gasteiger partial charge on any atom is -0.766 e. The number of H-pyrrole nitrogens is 2. The molecule has 0 spiro atoms. The highest BCUT2D eigenvalue weighted by Crippen LogP contribution is 2.68. The summed E-state index contributed by atoms with van der Waals surface area (Å²) in [4.78, 5) is 84.2. The van der Waals surface area contributed by atoms with Gasteiger partial charge in [-0.1, -0.05) is 4.98 Å². The smallest absolute Gasteiger partial charge is 0.489 e. The van der Waals surface area contributed by atoms with Crippen molar-refractivity contribution in [2.45, 2.75) is 49.1 Å². The molecule has 4 aromatic heterocycles. The number of aromatic nitrogens is 8. The van der Waals surface area contributed by atoms with E-state index in [4.69, 9.17) is 25.7 Å². The Kier molecular flexibility index (Phi) is 11.9. The normalized spacial score (nSPS) is 29.6. The molecule has 31 nitrogen and oxygen atoms in total. The van der Waals surface area contributed by atoms with Crippen molar-refractivity contribution in [3.63, 3.8) is 0 Å². The van der Waals surface area contributed by atoms with Crippen molar-refractivity contribution in [3.8, 4) is 0 Å². The fraction of sp³-hybridized carbons (Fsp3) is 0.545. The number of methoxy groups -OCH3 is 1. The number of aromatic amines is 2. The Hall–Kier alpha value is -3.38. The minimum atomic E-state index is -6.20. The molecule has 316 valence electrons. The number of anilines is 2. The predicted molar refractivity (Wildman–Crippen MR) is 179 cm³/mol. The second-order valence-corrected chi connectivity index (χ2v) is 18.7. The van der Waals surface area contributed by atoms with E-state index in [0.717, 1.165) is 15.8 Å². The van der Waals surface area contributed by atoms with E-state index in [1.165, 1.54) is 29.6 Å². The van der Waals surface area contributed by atoms with Gasteiger partial charge < -0.3 is 65.1 Å². The molecule has 12 atom stereocenters. The van der Waals surface area contributed by atoms with Crippen LogP contribution in [0.1, 0.15) is 12.5 Å². The summed E-state index contributed by atoms with van der Waals surface area (Å²) in [5.74, 6) is -0.596. The molecular formula is C22H33N11O20P4. The van der Waals surface area contributed by atoms with Crippen LogP contribution in [0, 0.1) is 0 Å². The van der Waals surface area contributed by atoms with Crippen LogP contribution in [0.15, 0.2) is 22.2 Å². The zero-order valence-electron chi connectivity index (χ0n) is 28.7. The molecule has 57 heavy (non-hydrogen) atoms. The van der Waals surface area contributed by atoms with E-state index < -0.39 is 105 Å². The summed E-state index contributed by atoms with van der Waals surface area (Å²) in [6.07, 6.45) is -10.2. The monoisotopic (exact) mass is 895 g/mol. The van der Waals surface area contributed by atoms with E-state index in [9.17, 15) is 62.7 Å². The topological polar surface area (TPSA) is 460 Å². The number of nitrogens with one attached hydrogen (secondary N) is 3. The van der Waals surface area contributed by atoms with E-state index in [0.29, 0.717) is 0 Å². The Labute approximate surface area is 315 Å². The Morgan fingerprint density at radius 1 is 0.930 bits per heavy atom. The number of nitrogens with zero attached hydrogens (tertiary/aromatic N) is 6. The number of phosphoric ester groups is 1. The lowest BCUT2D eigenvalue weighted by Crippen LogP contribution is -2.47. The molecule has 2 fully saturated rings. The first kappa shape index (κ1) is 43.2. The van der Waals surface area contributed by atoms with E-state index in [1.54, 1.807) is 0 Å². The number of phosphoric acid groups is 2. The third-order valence-corrected chi connectivity index (χ3v) is 14.5. The molecule has 6 heterocycles. The number of aliphatic hydroxyl groups is 3. The van der Waals surface area contributed by atoms with Crippen molar-refractivity contribution in [1.29, 1.82) is 0 Å². The van der Waals surface area contributed by atoms with Gasteiger partial charge in [0.05, 0.1) is 26.6 Å². The molecule has 0 radical (unpaired) electrons. The number of hydrogen-bond acceptors (Lipinski definition) is 22. The second-order valence-electron chi connectivity index (χ2n) is 12.1. The van der Waals surface area contributed by atoms with Crippen molar-refractivity contribution in [3.05, 3.63) is 33.4 Å². The molecule has 6 rings (SSSR count). The number of hydrogen-bond donors (Lipinski definition) is 11. The number of ether oxygens (including phenoxy) is 3. The summed E-state index contributed by atoms with van der Waals surface area (Å²) in [5.41, 5.74) is 9.44. The molecule has 4 unspecified atom stereocenters. The average molecular weight is 895 g/mol. The highest BCUT2D eigenvalue weighted by atomic mass is 31.3. The summed E-state index contributed by atoms with van der Waals surface area (Å²) >= 11 is 0. The largest absolute Gasteiger partial charge is 0.766 e. The minimum absolute atomic E-state index is 0.0114. The van der Waals surface area contributed by atoms with Gasteiger partial charge in [0.1, 0.15) is 36.6 Å². The average Bonchev–Trinajstić information content (AvgIpc) is 3.80. The van der Waals surface area contributed by atoms with E-state index in [2.05, 4.69) is 42.6 Å². The van der Waals surface area contributed by atoms with Crippen molar-refractivity contribution < 1.29 is 89.6 Å². The van der Waals surface area contributed by atoms with Crippen LogP contribution in [0.5, 0.6) is 0 Å². The van der Waals surface area contributed by atoms with Gasteiger partial charge in [0.15, 0.2) is 23.7 Å². The lowest BCUT2D eigenvalue weighted by molar-refractivity contribution is -0.746. The highest BCUT2D eigenvalue weighted by Gasteiger charge is 2.50. The lowest BCUT2D eigenvalue weighted by Gasteiger charge is -2.28. The molecule has 2 aliphatic heterocycles. The van der Waals surface area contributed by atoms with Crippen LogP contribution in [-0.4, -0.2) is 121 Å². The number of imidazole rings is 2. The molecule has 0 bridgehead atoms. The fourth-order valence-electron chi connectivity index (χ4n) is 5.87. The summed E-state index contributed by atoms with van der Waals surface area (Å²) in [5, 5.41) is 31.8. The highest BCUT2D eigenvalue weighted by molar-refractivity contribution is 7.72. The zero-order valence-corrected chi connectivity index (χ0v) is 32.3. The summed E-state index contributed by atoms with van der Waals surface area (Å²) in [6.45, 7) is -2.24. The summed E-state index contributed by atoms with van der Waals surface area (Å²) in [6, 6.07) is 0. The third-order valence-electron chi connectivity index (χ3n) is 8.19. The van der Waals surface area contributed by atoms with Gasteiger partial charge in [-0.2, -0.15) is 18.5 Å². The van der Waals surface area contributed by atoms with Gasteiger partial charge >= 0.3 is 29.0 Å². The molecule has 2 saturated heterocycles. The molecule has 13 N–H and O–H groups in total. The van der Waals surface area contributed by atoms with Crippen LogP contribution >= 0.6 is 31.1 Å². The van der Waals surface area contributed by atoms with Crippen LogP contribution in [0.2, 0.25) is 0 Å². The van der Waals surface area contributed by atoms with Gasteiger partial charge in [0, 0.05) is 7.11 Å². The van der Waals surface area contributed by atoms with Crippen LogP contribution in [0.3, 0.4) is 0 Å².